The zero-order valence-corrected chi connectivity index (χ0v) is 14.5. The van der Waals surface area contributed by atoms with Gasteiger partial charge in [-0.2, -0.15) is 0 Å². The second-order valence-corrected chi connectivity index (χ2v) is 7.12. The normalized spacial score (nSPS) is 11.4. The van der Waals surface area contributed by atoms with Gasteiger partial charge in [0.1, 0.15) is 16.3 Å². The molecule has 3 heterocycles. The number of nitrogens with zero attached hydrogens (tertiary/aromatic N) is 3. The van der Waals surface area contributed by atoms with Crippen molar-refractivity contribution >= 4 is 27.2 Å². The number of para-hydroxylation sites is 1. The minimum Gasteiger partial charge on any atom is -0.297 e. The van der Waals surface area contributed by atoms with Gasteiger partial charge in [-0.3, -0.25) is 4.40 Å². The van der Waals surface area contributed by atoms with Crippen molar-refractivity contribution in [1.29, 1.82) is 0 Å². The van der Waals surface area contributed by atoms with Crippen molar-refractivity contribution in [3.63, 3.8) is 0 Å². The molecule has 0 radical (unpaired) electrons. The number of rotatable bonds is 2. The van der Waals surface area contributed by atoms with Crippen molar-refractivity contribution in [2.75, 3.05) is 0 Å². The van der Waals surface area contributed by atoms with Gasteiger partial charge >= 0.3 is 0 Å². The zero-order chi connectivity index (χ0) is 16.8. The molecule has 2 aromatic carbocycles. The number of hydrogen-bond acceptors (Lipinski definition) is 3. The monoisotopic (exact) mass is 341 g/mol. The van der Waals surface area contributed by atoms with Crippen molar-refractivity contribution in [3.05, 3.63) is 78.5 Å². The number of thiazole rings is 1. The lowest BCUT2D eigenvalue weighted by Crippen LogP contribution is -1.88. The van der Waals surface area contributed by atoms with Crippen LogP contribution in [0.2, 0.25) is 0 Å². The van der Waals surface area contributed by atoms with Crippen molar-refractivity contribution in [2.45, 2.75) is 6.92 Å². The minimum atomic E-state index is 0.937. The first-order chi connectivity index (χ1) is 12.3. The molecular formula is C21H15N3S. The first kappa shape index (κ1) is 14.4. The Balaban J connectivity index is 1.83. The molecule has 0 saturated carbocycles. The van der Waals surface area contributed by atoms with Crippen molar-refractivity contribution in [1.82, 2.24) is 14.4 Å². The number of imidazole rings is 1. The topological polar surface area (TPSA) is 30.2 Å². The molecule has 0 atom stereocenters. The fourth-order valence-electron chi connectivity index (χ4n) is 3.09. The van der Waals surface area contributed by atoms with E-state index in [0.717, 1.165) is 33.1 Å². The summed E-state index contributed by atoms with van der Waals surface area (Å²) in [6, 6.07) is 22.9. The Labute approximate surface area is 149 Å². The predicted octanol–water partition coefficient (Wildman–Crippen LogP) is 5.59. The average Bonchev–Trinajstić information content (AvgIpc) is 3.23. The Bertz CT molecular complexity index is 1170. The van der Waals surface area contributed by atoms with Crippen molar-refractivity contribution in [3.8, 4) is 22.0 Å². The van der Waals surface area contributed by atoms with Gasteiger partial charge in [-0.25, -0.2) is 9.97 Å². The zero-order valence-electron chi connectivity index (χ0n) is 13.7. The molecule has 0 aliphatic rings. The summed E-state index contributed by atoms with van der Waals surface area (Å²) >= 11 is 1.71. The molecule has 4 heteroatoms. The van der Waals surface area contributed by atoms with Gasteiger partial charge in [0.2, 0.25) is 0 Å². The van der Waals surface area contributed by atoms with E-state index in [2.05, 4.69) is 60.0 Å². The molecule has 25 heavy (non-hydrogen) atoms. The third kappa shape index (κ3) is 2.34. The van der Waals surface area contributed by atoms with Crippen molar-refractivity contribution in [2.24, 2.45) is 0 Å². The van der Waals surface area contributed by atoms with Crippen LogP contribution in [0.5, 0.6) is 0 Å². The SMILES string of the molecule is Cc1ccc(-c2nc3ccccn3c2-c2nc3ccccc3s2)cc1. The highest BCUT2D eigenvalue weighted by atomic mass is 32.1. The summed E-state index contributed by atoms with van der Waals surface area (Å²) in [6.45, 7) is 2.10. The molecule has 0 aliphatic heterocycles. The number of aromatic nitrogens is 3. The van der Waals surface area contributed by atoms with E-state index in [1.165, 1.54) is 10.3 Å². The quantitative estimate of drug-likeness (QED) is 0.419. The standard InChI is InChI=1S/C21H15N3S/c1-14-9-11-15(12-10-14)19-20(24-13-5-4-8-18(24)23-19)21-22-16-6-2-3-7-17(16)25-21/h2-13H,1H3. The number of pyridine rings is 1. The van der Waals surface area contributed by atoms with Gasteiger partial charge in [-0.1, -0.05) is 48.0 Å². The van der Waals surface area contributed by atoms with Gasteiger partial charge in [-0.15, -0.1) is 11.3 Å². The summed E-state index contributed by atoms with van der Waals surface area (Å²) in [5.74, 6) is 0. The maximum absolute atomic E-state index is 4.89. The third-order valence-corrected chi connectivity index (χ3v) is 5.39. The molecule has 3 aromatic heterocycles. The maximum atomic E-state index is 4.89. The molecule has 0 unspecified atom stereocenters. The first-order valence-electron chi connectivity index (χ1n) is 8.20. The first-order valence-corrected chi connectivity index (χ1v) is 9.01. The minimum absolute atomic E-state index is 0.937. The van der Waals surface area contributed by atoms with E-state index in [4.69, 9.17) is 9.97 Å². The highest BCUT2D eigenvalue weighted by Crippen LogP contribution is 2.37. The molecule has 5 aromatic rings. The lowest BCUT2D eigenvalue weighted by atomic mass is 10.1. The summed E-state index contributed by atoms with van der Waals surface area (Å²) in [4.78, 5) is 9.76. The highest BCUT2D eigenvalue weighted by molar-refractivity contribution is 7.21. The van der Waals surface area contributed by atoms with Gasteiger partial charge in [-0.05, 0) is 31.2 Å². The summed E-state index contributed by atoms with van der Waals surface area (Å²) in [7, 11) is 0. The van der Waals surface area contributed by atoms with E-state index in [-0.39, 0.29) is 0 Å². The second-order valence-electron chi connectivity index (χ2n) is 6.09. The van der Waals surface area contributed by atoms with Gasteiger partial charge < -0.3 is 0 Å². The van der Waals surface area contributed by atoms with Gasteiger partial charge in [0, 0.05) is 11.8 Å². The number of aryl methyl sites for hydroxylation is 1. The fraction of sp³-hybridized carbons (Fsp3) is 0.0476. The molecule has 0 N–H and O–H groups in total. The molecule has 0 amide bonds. The summed E-state index contributed by atoms with van der Waals surface area (Å²) < 4.78 is 3.32. The molecule has 0 bridgehead atoms. The Hall–Kier alpha value is -2.98. The molecule has 5 rings (SSSR count). The smallest absolute Gasteiger partial charge is 0.143 e. The fourth-order valence-corrected chi connectivity index (χ4v) is 4.10. The average molecular weight is 341 g/mol. The van der Waals surface area contributed by atoms with Crippen LogP contribution >= 0.6 is 11.3 Å². The van der Waals surface area contributed by atoms with Crippen LogP contribution in [0.4, 0.5) is 0 Å². The van der Waals surface area contributed by atoms with E-state index < -0.39 is 0 Å². The summed E-state index contributed by atoms with van der Waals surface area (Å²) in [6.07, 6.45) is 2.06. The van der Waals surface area contributed by atoms with Gasteiger partial charge in [0.25, 0.3) is 0 Å². The molecular weight excluding hydrogens is 326 g/mol. The molecule has 0 spiro atoms. The van der Waals surface area contributed by atoms with Crippen LogP contribution < -0.4 is 0 Å². The Morgan fingerprint density at radius 1 is 0.840 bits per heavy atom. The van der Waals surface area contributed by atoms with E-state index in [1.807, 2.05) is 24.3 Å². The van der Waals surface area contributed by atoms with Crippen LogP contribution in [0.3, 0.4) is 0 Å². The van der Waals surface area contributed by atoms with Crippen LogP contribution in [-0.2, 0) is 0 Å². The Morgan fingerprint density at radius 2 is 1.64 bits per heavy atom. The van der Waals surface area contributed by atoms with Crippen molar-refractivity contribution < 1.29 is 0 Å². The Kier molecular flexibility index (Phi) is 3.18. The van der Waals surface area contributed by atoms with E-state index in [9.17, 15) is 0 Å². The molecule has 120 valence electrons. The third-order valence-electron chi connectivity index (χ3n) is 4.35. The summed E-state index contributed by atoms with van der Waals surface area (Å²) in [5, 5.41) is 0.996. The highest BCUT2D eigenvalue weighted by Gasteiger charge is 2.18. The molecule has 0 aliphatic carbocycles. The maximum Gasteiger partial charge on any atom is 0.143 e. The van der Waals surface area contributed by atoms with E-state index in [0.29, 0.717) is 0 Å². The van der Waals surface area contributed by atoms with E-state index >= 15 is 0 Å². The molecule has 3 nitrogen and oxygen atoms in total. The van der Waals surface area contributed by atoms with Gasteiger partial charge in [0.15, 0.2) is 0 Å². The lowest BCUT2D eigenvalue weighted by Gasteiger charge is -2.03. The largest absolute Gasteiger partial charge is 0.297 e. The second kappa shape index (κ2) is 5.53. The van der Waals surface area contributed by atoms with Crippen LogP contribution in [0.15, 0.2) is 72.9 Å². The van der Waals surface area contributed by atoms with Crippen LogP contribution in [0.1, 0.15) is 5.56 Å². The lowest BCUT2D eigenvalue weighted by molar-refractivity contribution is 1.18. The predicted molar refractivity (Wildman–Crippen MR) is 104 cm³/mol. The van der Waals surface area contributed by atoms with E-state index in [1.54, 1.807) is 11.3 Å². The van der Waals surface area contributed by atoms with Crippen LogP contribution in [0, 0.1) is 6.92 Å². The van der Waals surface area contributed by atoms with Gasteiger partial charge in [0.05, 0.1) is 15.9 Å². The Morgan fingerprint density at radius 3 is 2.48 bits per heavy atom. The summed E-state index contributed by atoms with van der Waals surface area (Å²) in [5.41, 5.74) is 6.36. The number of benzene rings is 2. The number of fused-ring (bicyclic) bond motifs is 2. The van der Waals surface area contributed by atoms with Crippen LogP contribution in [0.25, 0.3) is 37.8 Å². The molecule has 0 fully saturated rings. The molecule has 0 saturated heterocycles. The number of hydrogen-bond donors (Lipinski definition) is 0. The van der Waals surface area contributed by atoms with Crippen LogP contribution in [-0.4, -0.2) is 14.4 Å².